The van der Waals surface area contributed by atoms with E-state index in [0.29, 0.717) is 6.04 Å². The summed E-state index contributed by atoms with van der Waals surface area (Å²) in [4.78, 5) is 8.63. The molecule has 0 N–H and O–H groups in total. The first-order valence-electron chi connectivity index (χ1n) is 6.27. The topological polar surface area (TPSA) is 32.3 Å². The summed E-state index contributed by atoms with van der Waals surface area (Å²) in [5.74, 6) is 0.769. The molecular weight excluding hydrogens is 256 g/mol. The van der Waals surface area contributed by atoms with Gasteiger partial charge in [-0.2, -0.15) is 9.36 Å². The summed E-state index contributed by atoms with van der Waals surface area (Å²) >= 11 is 1.44. The first-order chi connectivity index (χ1) is 8.99. The van der Waals surface area contributed by atoms with Gasteiger partial charge < -0.3 is 9.80 Å². The maximum atomic E-state index is 4.51. The highest BCUT2D eigenvalue weighted by atomic mass is 32.1. The third kappa shape index (κ3) is 3.11. The van der Waals surface area contributed by atoms with E-state index in [9.17, 15) is 0 Å². The van der Waals surface area contributed by atoms with E-state index in [0.717, 1.165) is 16.5 Å². The molecule has 5 heteroatoms. The molecule has 0 bridgehead atoms. The Morgan fingerprint density at radius 1 is 1.05 bits per heavy atom. The van der Waals surface area contributed by atoms with Crippen LogP contribution in [0.3, 0.4) is 0 Å². The third-order valence-electron chi connectivity index (χ3n) is 3.23. The number of hydrogen-bond donors (Lipinski definition) is 0. The van der Waals surface area contributed by atoms with Crippen molar-refractivity contribution in [2.24, 2.45) is 0 Å². The van der Waals surface area contributed by atoms with Crippen molar-refractivity contribution in [3.05, 3.63) is 29.8 Å². The van der Waals surface area contributed by atoms with Crippen LogP contribution in [0.15, 0.2) is 24.3 Å². The Balaban J connectivity index is 2.22. The largest absolute Gasteiger partial charge is 0.346 e. The zero-order valence-corrected chi connectivity index (χ0v) is 12.9. The second-order valence-electron chi connectivity index (χ2n) is 5.06. The van der Waals surface area contributed by atoms with Crippen molar-refractivity contribution >= 4 is 17.5 Å². The lowest BCUT2D eigenvalue weighted by atomic mass is 10.1. The molecular formula is C14H20N4S. The van der Waals surface area contributed by atoms with Crippen LogP contribution in [0.25, 0.3) is 10.6 Å². The van der Waals surface area contributed by atoms with E-state index in [1.165, 1.54) is 17.1 Å². The van der Waals surface area contributed by atoms with Crippen molar-refractivity contribution in [2.75, 3.05) is 33.1 Å². The molecule has 2 rings (SSSR count). The van der Waals surface area contributed by atoms with Gasteiger partial charge in [-0.25, -0.2) is 0 Å². The van der Waals surface area contributed by atoms with Gasteiger partial charge in [0.15, 0.2) is 0 Å². The van der Waals surface area contributed by atoms with Crippen LogP contribution in [0.5, 0.6) is 0 Å². The molecule has 0 spiro atoms. The minimum atomic E-state index is 0.417. The standard InChI is InChI=1S/C14H20N4S/c1-10(17(2)3)11-6-8-12(9-7-11)13-15-14(16-19-13)18(4)5/h6-10H,1-5H3/t10-/m1/s1. The van der Waals surface area contributed by atoms with Crippen molar-refractivity contribution in [1.82, 2.24) is 14.3 Å². The molecule has 0 fully saturated rings. The van der Waals surface area contributed by atoms with E-state index in [2.05, 4.69) is 59.5 Å². The summed E-state index contributed by atoms with van der Waals surface area (Å²) in [6, 6.07) is 8.98. The van der Waals surface area contributed by atoms with E-state index in [-0.39, 0.29) is 0 Å². The minimum absolute atomic E-state index is 0.417. The van der Waals surface area contributed by atoms with Crippen molar-refractivity contribution in [3.8, 4) is 10.6 Å². The first-order valence-corrected chi connectivity index (χ1v) is 7.04. The number of benzene rings is 1. The smallest absolute Gasteiger partial charge is 0.237 e. The van der Waals surface area contributed by atoms with E-state index in [1.54, 1.807) is 0 Å². The third-order valence-corrected chi connectivity index (χ3v) is 3.98. The molecule has 2 aromatic rings. The number of aromatic nitrogens is 2. The summed E-state index contributed by atoms with van der Waals surface area (Å²) in [7, 11) is 8.08. The van der Waals surface area contributed by atoms with Crippen LogP contribution in [-0.2, 0) is 0 Å². The maximum absolute atomic E-state index is 4.51. The van der Waals surface area contributed by atoms with Crippen LogP contribution in [0.1, 0.15) is 18.5 Å². The zero-order chi connectivity index (χ0) is 14.0. The van der Waals surface area contributed by atoms with Crippen LogP contribution in [0, 0.1) is 0 Å². The van der Waals surface area contributed by atoms with E-state index >= 15 is 0 Å². The summed E-state index contributed by atoms with van der Waals surface area (Å²) in [5.41, 5.74) is 2.44. The van der Waals surface area contributed by atoms with Crippen molar-refractivity contribution < 1.29 is 0 Å². The highest BCUT2D eigenvalue weighted by Crippen LogP contribution is 2.26. The van der Waals surface area contributed by atoms with Gasteiger partial charge in [-0.3, -0.25) is 0 Å². The highest BCUT2D eigenvalue weighted by molar-refractivity contribution is 7.09. The Hall–Kier alpha value is -1.46. The molecule has 19 heavy (non-hydrogen) atoms. The fourth-order valence-electron chi connectivity index (χ4n) is 1.72. The Morgan fingerprint density at radius 3 is 2.16 bits per heavy atom. The van der Waals surface area contributed by atoms with Crippen LogP contribution >= 0.6 is 11.5 Å². The molecule has 0 saturated carbocycles. The molecule has 4 nitrogen and oxygen atoms in total. The van der Waals surface area contributed by atoms with Gasteiger partial charge in [-0.1, -0.05) is 24.3 Å². The lowest BCUT2D eigenvalue weighted by Crippen LogP contribution is -2.16. The van der Waals surface area contributed by atoms with Crippen LogP contribution in [-0.4, -0.2) is 42.4 Å². The number of anilines is 1. The molecule has 1 atom stereocenters. The molecule has 0 amide bonds. The SMILES string of the molecule is C[C@H](c1ccc(-c2nc(N(C)C)ns2)cc1)N(C)C. The molecule has 0 aliphatic heterocycles. The zero-order valence-electron chi connectivity index (χ0n) is 12.1. The summed E-state index contributed by atoms with van der Waals surface area (Å²) in [6.45, 7) is 2.20. The molecule has 0 unspecified atom stereocenters. The quantitative estimate of drug-likeness (QED) is 0.859. The van der Waals surface area contributed by atoms with Crippen molar-refractivity contribution in [1.29, 1.82) is 0 Å². The molecule has 102 valence electrons. The molecule has 1 aromatic carbocycles. The molecule has 1 heterocycles. The molecule has 1 aromatic heterocycles. The molecule has 0 aliphatic carbocycles. The Labute approximate surface area is 118 Å². The normalized spacial score (nSPS) is 12.7. The fourth-order valence-corrected chi connectivity index (χ4v) is 2.45. The monoisotopic (exact) mass is 276 g/mol. The average molecular weight is 276 g/mol. The van der Waals surface area contributed by atoms with Crippen LogP contribution in [0.2, 0.25) is 0 Å². The van der Waals surface area contributed by atoms with Gasteiger partial charge in [0.05, 0.1) is 0 Å². The van der Waals surface area contributed by atoms with Gasteiger partial charge in [0.25, 0.3) is 0 Å². The predicted octanol–water partition coefficient (Wildman–Crippen LogP) is 2.89. The van der Waals surface area contributed by atoms with Crippen LogP contribution in [0.4, 0.5) is 5.95 Å². The van der Waals surface area contributed by atoms with E-state index in [4.69, 9.17) is 0 Å². The lowest BCUT2D eigenvalue weighted by molar-refractivity contribution is 0.321. The second kappa shape index (κ2) is 5.67. The van der Waals surface area contributed by atoms with Gasteiger partial charge >= 0.3 is 0 Å². The van der Waals surface area contributed by atoms with Crippen molar-refractivity contribution in [2.45, 2.75) is 13.0 Å². The van der Waals surface area contributed by atoms with Gasteiger partial charge in [0.2, 0.25) is 5.95 Å². The maximum Gasteiger partial charge on any atom is 0.237 e. The Kier molecular flexibility index (Phi) is 4.17. The van der Waals surface area contributed by atoms with Gasteiger partial charge in [0, 0.05) is 25.7 Å². The summed E-state index contributed by atoms with van der Waals surface area (Å²) in [5, 5.41) is 0.966. The number of hydrogen-bond acceptors (Lipinski definition) is 5. The Bertz CT molecular complexity index is 531. The van der Waals surface area contributed by atoms with Crippen molar-refractivity contribution in [3.63, 3.8) is 0 Å². The van der Waals surface area contributed by atoms with Crippen LogP contribution < -0.4 is 4.90 Å². The number of nitrogens with zero attached hydrogens (tertiary/aromatic N) is 4. The fraction of sp³-hybridized carbons (Fsp3) is 0.429. The lowest BCUT2D eigenvalue weighted by Gasteiger charge is -2.20. The molecule has 0 aliphatic rings. The minimum Gasteiger partial charge on any atom is -0.346 e. The number of rotatable bonds is 4. The van der Waals surface area contributed by atoms with E-state index < -0.39 is 0 Å². The molecule has 0 radical (unpaired) electrons. The summed E-state index contributed by atoms with van der Waals surface area (Å²) in [6.07, 6.45) is 0. The van der Waals surface area contributed by atoms with E-state index in [1.807, 2.05) is 19.0 Å². The average Bonchev–Trinajstić information content (AvgIpc) is 2.87. The summed E-state index contributed by atoms with van der Waals surface area (Å²) < 4.78 is 4.33. The molecule has 0 saturated heterocycles. The Morgan fingerprint density at radius 2 is 1.68 bits per heavy atom. The first kappa shape index (κ1) is 14.0. The van der Waals surface area contributed by atoms with Gasteiger partial charge in [-0.05, 0) is 38.1 Å². The highest BCUT2D eigenvalue weighted by Gasteiger charge is 2.10. The van der Waals surface area contributed by atoms with Gasteiger partial charge in [-0.15, -0.1) is 0 Å². The van der Waals surface area contributed by atoms with Gasteiger partial charge in [0.1, 0.15) is 5.01 Å². The second-order valence-corrected chi connectivity index (χ2v) is 5.81. The predicted molar refractivity (Wildman–Crippen MR) is 81.8 cm³/mol.